The van der Waals surface area contributed by atoms with E-state index < -0.39 is 0 Å². The molecule has 2 aromatic rings. The Kier molecular flexibility index (Phi) is 2.52. The van der Waals surface area contributed by atoms with Gasteiger partial charge in [0.1, 0.15) is 5.51 Å². The van der Waals surface area contributed by atoms with Crippen LogP contribution in [-0.4, -0.2) is 10.2 Å². The van der Waals surface area contributed by atoms with Crippen molar-refractivity contribution in [1.29, 1.82) is 0 Å². The molecule has 0 aliphatic carbocycles. The average Bonchev–Trinajstić information content (AvgIpc) is 2.69. The highest BCUT2D eigenvalue weighted by Gasteiger charge is 1.94. The van der Waals surface area contributed by atoms with E-state index in [0.717, 1.165) is 11.7 Å². The van der Waals surface area contributed by atoms with Crippen LogP contribution in [0.15, 0.2) is 35.8 Å². The first-order valence-corrected chi connectivity index (χ1v) is 4.87. The van der Waals surface area contributed by atoms with Gasteiger partial charge in [-0.25, -0.2) is 0 Å². The third kappa shape index (κ3) is 2.26. The molecule has 1 aromatic carbocycles. The predicted octanol–water partition coefficient (Wildman–Crippen LogP) is 2.15. The van der Waals surface area contributed by atoms with E-state index in [2.05, 4.69) is 27.6 Å². The molecule has 0 aliphatic heterocycles. The predicted molar refractivity (Wildman–Crippen MR) is 53.7 cm³/mol. The Morgan fingerprint density at radius 3 is 2.77 bits per heavy atom. The van der Waals surface area contributed by atoms with Gasteiger partial charge in [0.15, 0.2) is 0 Å². The number of nitrogens with one attached hydrogen (secondary N) is 1. The van der Waals surface area contributed by atoms with E-state index in [4.69, 9.17) is 0 Å². The summed E-state index contributed by atoms with van der Waals surface area (Å²) in [6.07, 6.45) is 0. The molecular formula is C9H9N3S. The molecule has 4 heteroatoms. The van der Waals surface area contributed by atoms with Crippen molar-refractivity contribution in [2.24, 2.45) is 0 Å². The maximum atomic E-state index is 3.89. The minimum absolute atomic E-state index is 0.802. The smallest absolute Gasteiger partial charge is 0.205 e. The lowest BCUT2D eigenvalue weighted by molar-refractivity contribution is 1.05. The molecule has 0 saturated carbocycles. The molecular weight excluding hydrogens is 182 g/mol. The molecule has 0 atom stereocenters. The van der Waals surface area contributed by atoms with Crippen molar-refractivity contribution < 1.29 is 0 Å². The van der Waals surface area contributed by atoms with Crippen molar-refractivity contribution in [1.82, 2.24) is 10.2 Å². The highest BCUT2D eigenvalue weighted by molar-refractivity contribution is 7.13. The number of nitrogens with zero attached hydrogens (tertiary/aromatic N) is 2. The first kappa shape index (κ1) is 8.19. The topological polar surface area (TPSA) is 37.8 Å². The first-order valence-electron chi connectivity index (χ1n) is 3.99. The van der Waals surface area contributed by atoms with Crippen LogP contribution in [-0.2, 0) is 6.54 Å². The normalized spacial score (nSPS) is 9.85. The quantitative estimate of drug-likeness (QED) is 0.807. The lowest BCUT2D eigenvalue weighted by Crippen LogP contribution is -1.98. The van der Waals surface area contributed by atoms with Gasteiger partial charge in [-0.3, -0.25) is 0 Å². The Morgan fingerprint density at radius 2 is 2.08 bits per heavy atom. The molecule has 1 aromatic heterocycles. The molecule has 0 aliphatic rings. The van der Waals surface area contributed by atoms with Crippen LogP contribution in [0.4, 0.5) is 5.13 Å². The van der Waals surface area contributed by atoms with Gasteiger partial charge in [0, 0.05) is 6.54 Å². The summed E-state index contributed by atoms with van der Waals surface area (Å²) in [5, 5.41) is 11.7. The van der Waals surface area contributed by atoms with Gasteiger partial charge in [-0.15, -0.1) is 10.2 Å². The Balaban J connectivity index is 1.94. The van der Waals surface area contributed by atoms with Gasteiger partial charge in [0.25, 0.3) is 0 Å². The standard InChI is InChI=1S/C9H9N3S/c1-2-4-8(5-3-1)6-10-9-12-11-7-13-9/h1-5,7H,6H2,(H,10,12). The fourth-order valence-electron chi connectivity index (χ4n) is 1.02. The number of anilines is 1. The zero-order valence-corrected chi connectivity index (χ0v) is 7.79. The number of hydrogen-bond donors (Lipinski definition) is 1. The molecule has 0 amide bonds. The van der Waals surface area contributed by atoms with Crippen molar-refractivity contribution >= 4 is 16.5 Å². The van der Waals surface area contributed by atoms with Crippen LogP contribution in [0.1, 0.15) is 5.56 Å². The van der Waals surface area contributed by atoms with Gasteiger partial charge < -0.3 is 5.32 Å². The summed E-state index contributed by atoms with van der Waals surface area (Å²) >= 11 is 1.51. The maximum absolute atomic E-state index is 3.89. The van der Waals surface area contributed by atoms with E-state index in [1.165, 1.54) is 16.9 Å². The van der Waals surface area contributed by atoms with Crippen LogP contribution in [0.25, 0.3) is 0 Å². The highest BCUT2D eigenvalue weighted by atomic mass is 32.1. The van der Waals surface area contributed by atoms with E-state index in [1.54, 1.807) is 5.51 Å². The molecule has 0 spiro atoms. The van der Waals surface area contributed by atoms with Crippen molar-refractivity contribution in [3.8, 4) is 0 Å². The van der Waals surface area contributed by atoms with Crippen molar-refractivity contribution in [3.63, 3.8) is 0 Å². The summed E-state index contributed by atoms with van der Waals surface area (Å²) in [4.78, 5) is 0. The molecule has 0 radical (unpaired) electrons. The molecule has 66 valence electrons. The summed E-state index contributed by atoms with van der Waals surface area (Å²) in [5.74, 6) is 0. The van der Waals surface area contributed by atoms with E-state index in [0.29, 0.717) is 0 Å². The van der Waals surface area contributed by atoms with Gasteiger partial charge in [0.2, 0.25) is 5.13 Å². The van der Waals surface area contributed by atoms with Crippen LogP contribution in [0, 0.1) is 0 Å². The molecule has 3 nitrogen and oxygen atoms in total. The van der Waals surface area contributed by atoms with Gasteiger partial charge in [0.05, 0.1) is 0 Å². The zero-order chi connectivity index (χ0) is 8.93. The van der Waals surface area contributed by atoms with E-state index in [9.17, 15) is 0 Å². The molecule has 13 heavy (non-hydrogen) atoms. The van der Waals surface area contributed by atoms with Crippen molar-refractivity contribution in [3.05, 3.63) is 41.4 Å². The first-order chi connectivity index (χ1) is 6.45. The van der Waals surface area contributed by atoms with Gasteiger partial charge in [-0.2, -0.15) is 0 Å². The molecule has 0 bridgehead atoms. The lowest BCUT2D eigenvalue weighted by Gasteiger charge is -2.00. The Bertz CT molecular complexity index is 344. The second-order valence-corrected chi connectivity index (χ2v) is 3.42. The highest BCUT2D eigenvalue weighted by Crippen LogP contribution is 2.09. The third-order valence-corrected chi connectivity index (χ3v) is 2.30. The van der Waals surface area contributed by atoms with Crippen LogP contribution >= 0.6 is 11.3 Å². The van der Waals surface area contributed by atoms with Gasteiger partial charge in [-0.1, -0.05) is 41.7 Å². The van der Waals surface area contributed by atoms with E-state index in [1.807, 2.05) is 18.2 Å². The maximum Gasteiger partial charge on any atom is 0.205 e. The fourth-order valence-corrected chi connectivity index (χ4v) is 1.47. The van der Waals surface area contributed by atoms with Gasteiger partial charge >= 0.3 is 0 Å². The van der Waals surface area contributed by atoms with Crippen molar-refractivity contribution in [2.75, 3.05) is 5.32 Å². The second-order valence-electron chi connectivity index (χ2n) is 2.58. The number of hydrogen-bond acceptors (Lipinski definition) is 4. The minimum Gasteiger partial charge on any atom is -0.356 e. The lowest BCUT2D eigenvalue weighted by atomic mass is 10.2. The molecule has 1 heterocycles. The number of aromatic nitrogens is 2. The van der Waals surface area contributed by atoms with Crippen LogP contribution in [0.5, 0.6) is 0 Å². The molecule has 0 unspecified atom stereocenters. The number of benzene rings is 1. The average molecular weight is 191 g/mol. The Hall–Kier alpha value is -1.42. The monoisotopic (exact) mass is 191 g/mol. The zero-order valence-electron chi connectivity index (χ0n) is 6.97. The van der Waals surface area contributed by atoms with Crippen LogP contribution in [0.3, 0.4) is 0 Å². The summed E-state index contributed by atoms with van der Waals surface area (Å²) in [6, 6.07) is 10.2. The molecule has 2 rings (SSSR count). The van der Waals surface area contributed by atoms with E-state index in [-0.39, 0.29) is 0 Å². The Morgan fingerprint density at radius 1 is 1.23 bits per heavy atom. The minimum atomic E-state index is 0.802. The van der Waals surface area contributed by atoms with Gasteiger partial charge in [-0.05, 0) is 5.56 Å². The van der Waals surface area contributed by atoms with Crippen LogP contribution < -0.4 is 5.32 Å². The second kappa shape index (κ2) is 4.00. The van der Waals surface area contributed by atoms with Crippen LogP contribution in [0.2, 0.25) is 0 Å². The molecule has 0 fully saturated rings. The largest absolute Gasteiger partial charge is 0.356 e. The van der Waals surface area contributed by atoms with Crippen molar-refractivity contribution in [2.45, 2.75) is 6.54 Å². The molecule has 0 saturated heterocycles. The fraction of sp³-hybridized carbons (Fsp3) is 0.111. The Labute approximate surface area is 80.5 Å². The molecule has 1 N–H and O–H groups in total. The summed E-state index contributed by atoms with van der Waals surface area (Å²) in [7, 11) is 0. The SMILES string of the molecule is c1ccc(CNc2nncs2)cc1. The summed E-state index contributed by atoms with van der Waals surface area (Å²) in [5.41, 5.74) is 2.96. The number of rotatable bonds is 3. The summed E-state index contributed by atoms with van der Waals surface area (Å²) < 4.78 is 0. The third-order valence-electron chi connectivity index (χ3n) is 1.65. The summed E-state index contributed by atoms with van der Waals surface area (Å²) in [6.45, 7) is 0.802. The van der Waals surface area contributed by atoms with E-state index >= 15 is 0 Å².